The summed E-state index contributed by atoms with van der Waals surface area (Å²) in [5, 5.41) is 26.7. The molecule has 4 rings (SSSR count). The number of phenols is 1. The van der Waals surface area contributed by atoms with Crippen molar-refractivity contribution >= 4 is 66.0 Å². The van der Waals surface area contributed by atoms with Crippen molar-refractivity contribution in [3.63, 3.8) is 0 Å². The fourth-order valence-electron chi connectivity index (χ4n) is 3.77. The number of benzene rings is 4. The molecule has 4 aromatic rings. The van der Waals surface area contributed by atoms with E-state index in [4.69, 9.17) is 4.33 Å². The van der Waals surface area contributed by atoms with Crippen LogP contribution in [0.1, 0.15) is 10.4 Å². The van der Waals surface area contributed by atoms with Crippen molar-refractivity contribution in [1.82, 2.24) is 0 Å². The van der Waals surface area contributed by atoms with Crippen LogP contribution in [0.4, 0.5) is 17.1 Å². The third kappa shape index (κ3) is 7.17. The van der Waals surface area contributed by atoms with E-state index in [0.29, 0.717) is 12.0 Å². The number of nitrogens with one attached hydrogen (secondary N) is 1. The molecule has 14 nitrogen and oxygen atoms in total. The van der Waals surface area contributed by atoms with Crippen LogP contribution < -0.4 is 5.32 Å². The number of carbonyl (C=O) groups is 1. The summed E-state index contributed by atoms with van der Waals surface area (Å²) in [4.78, 5) is 16.9. The molecule has 0 aliphatic rings. The van der Waals surface area contributed by atoms with E-state index < -0.39 is 31.9 Å². The van der Waals surface area contributed by atoms with Gasteiger partial charge in [0.05, 0.1) is 48.9 Å². The molecule has 0 aromatic heterocycles. The third-order valence-corrected chi connectivity index (χ3v) is 8.94. The predicted octanol–water partition coefficient (Wildman–Crippen LogP) is 5.40. The molecule has 226 valence electrons. The molecule has 0 fully saturated rings. The Labute approximate surface area is 250 Å². The summed E-state index contributed by atoms with van der Waals surface area (Å²) in [5.74, 6) is -1.17. The standard InChI is InChI=1S/C26H23N3O11S3/c1-36-39-40-41-21-14-17-13-18(42(32,33)37-2)15-20(27-26(31)16-9-5-4-6-10-16)23(17)25(30)24(21)29-28-19-11-7-8-12-22(19)43(34,35)38-3/h4-15,30H,1-3H3,(H,27,31). The summed E-state index contributed by atoms with van der Waals surface area (Å²) in [6.45, 7) is 0. The van der Waals surface area contributed by atoms with Crippen LogP contribution in [0, 0.1) is 0 Å². The van der Waals surface area contributed by atoms with Crippen LogP contribution in [0.15, 0.2) is 97.7 Å². The average molecular weight is 650 g/mol. The van der Waals surface area contributed by atoms with Gasteiger partial charge in [-0.2, -0.15) is 16.8 Å². The number of rotatable bonds is 12. The molecule has 0 saturated carbocycles. The normalized spacial score (nSPS) is 12.2. The van der Waals surface area contributed by atoms with E-state index in [2.05, 4.69) is 33.8 Å². The molecule has 17 heteroatoms. The van der Waals surface area contributed by atoms with Gasteiger partial charge in [-0.15, -0.1) is 14.6 Å². The molecule has 0 atom stereocenters. The number of aromatic hydroxyl groups is 1. The Bertz CT molecular complexity index is 1900. The SMILES string of the molecule is COOOSc1cc2cc(S(=O)(=O)OC)cc(NC(=O)c3ccccc3)c2c(O)c1N=Nc1ccccc1S(=O)(=O)OC. The van der Waals surface area contributed by atoms with E-state index in [-0.39, 0.29) is 48.1 Å². The van der Waals surface area contributed by atoms with Crippen molar-refractivity contribution in [2.45, 2.75) is 14.7 Å². The van der Waals surface area contributed by atoms with Crippen molar-refractivity contribution in [2.24, 2.45) is 10.2 Å². The monoisotopic (exact) mass is 649 g/mol. The van der Waals surface area contributed by atoms with Gasteiger partial charge in [-0.25, -0.2) is 4.89 Å². The van der Waals surface area contributed by atoms with Crippen LogP contribution in [0.25, 0.3) is 10.8 Å². The molecule has 0 heterocycles. The van der Waals surface area contributed by atoms with Gasteiger partial charge in [0.2, 0.25) is 0 Å². The summed E-state index contributed by atoms with van der Waals surface area (Å²) in [5.41, 5.74) is -0.223. The molecular weight excluding hydrogens is 626 g/mol. The maximum atomic E-state index is 13.1. The lowest BCUT2D eigenvalue weighted by atomic mass is 10.1. The van der Waals surface area contributed by atoms with Crippen LogP contribution in [-0.2, 0) is 42.9 Å². The van der Waals surface area contributed by atoms with E-state index in [1.807, 2.05) is 0 Å². The fraction of sp³-hybridized carbons (Fsp3) is 0.115. The molecule has 0 spiro atoms. The summed E-state index contributed by atoms with van der Waals surface area (Å²) in [6, 6.07) is 17.4. The lowest BCUT2D eigenvalue weighted by Crippen LogP contribution is -2.13. The summed E-state index contributed by atoms with van der Waals surface area (Å²) in [6.07, 6.45) is 0. The smallest absolute Gasteiger partial charge is 0.298 e. The van der Waals surface area contributed by atoms with Gasteiger partial charge in [0, 0.05) is 10.9 Å². The quantitative estimate of drug-likeness (QED) is 0.0497. The largest absolute Gasteiger partial charge is 0.505 e. The Morgan fingerprint density at radius 3 is 2.21 bits per heavy atom. The molecule has 0 bridgehead atoms. The van der Waals surface area contributed by atoms with Crippen LogP contribution in [0.2, 0.25) is 0 Å². The number of anilines is 1. The molecular formula is C26H23N3O11S3. The van der Waals surface area contributed by atoms with Crippen molar-refractivity contribution in [2.75, 3.05) is 26.6 Å². The Morgan fingerprint density at radius 2 is 1.53 bits per heavy atom. The maximum Gasteiger partial charge on any atom is 0.298 e. The van der Waals surface area contributed by atoms with Gasteiger partial charge >= 0.3 is 0 Å². The Hall–Kier alpha value is -3.94. The summed E-state index contributed by atoms with van der Waals surface area (Å²) < 4.78 is 64.2. The summed E-state index contributed by atoms with van der Waals surface area (Å²) in [7, 11) is -5.30. The number of hydrogen-bond acceptors (Lipinski definition) is 14. The van der Waals surface area contributed by atoms with Crippen LogP contribution in [-0.4, -0.2) is 49.2 Å². The first-order valence-corrected chi connectivity index (χ1v) is 15.4. The van der Waals surface area contributed by atoms with Gasteiger partial charge in [-0.3, -0.25) is 13.2 Å². The van der Waals surface area contributed by atoms with E-state index in [9.17, 15) is 26.7 Å². The second kappa shape index (κ2) is 13.6. The van der Waals surface area contributed by atoms with Crippen LogP contribution in [0.5, 0.6) is 5.75 Å². The predicted molar refractivity (Wildman–Crippen MR) is 154 cm³/mol. The van der Waals surface area contributed by atoms with Gasteiger partial charge in [-0.1, -0.05) is 35.4 Å². The molecule has 0 radical (unpaired) electrons. The number of fused-ring (bicyclic) bond motifs is 1. The van der Waals surface area contributed by atoms with E-state index in [1.165, 1.54) is 43.5 Å². The minimum Gasteiger partial charge on any atom is -0.505 e. The molecule has 0 aliphatic carbocycles. The topological polar surface area (TPSA) is 188 Å². The Balaban J connectivity index is 1.96. The second-order valence-corrected chi connectivity index (χ2v) is 12.4. The highest BCUT2D eigenvalue weighted by Crippen LogP contribution is 2.47. The van der Waals surface area contributed by atoms with Crippen molar-refractivity contribution < 1.29 is 49.4 Å². The van der Waals surface area contributed by atoms with Crippen molar-refractivity contribution in [3.05, 3.63) is 78.4 Å². The molecule has 0 unspecified atom stereocenters. The fourth-order valence-corrected chi connectivity index (χ4v) is 5.83. The van der Waals surface area contributed by atoms with Gasteiger partial charge in [0.1, 0.15) is 16.3 Å². The molecule has 4 aromatic carbocycles. The number of nitrogens with zero attached hydrogens (tertiary/aromatic N) is 2. The lowest BCUT2D eigenvalue weighted by molar-refractivity contribution is -0.447. The summed E-state index contributed by atoms with van der Waals surface area (Å²) >= 11 is 0.514. The van der Waals surface area contributed by atoms with Gasteiger partial charge in [-0.05, 0) is 47.9 Å². The highest BCUT2D eigenvalue weighted by molar-refractivity contribution is 7.94. The van der Waals surface area contributed by atoms with Gasteiger partial charge in [0.25, 0.3) is 26.1 Å². The van der Waals surface area contributed by atoms with Crippen LogP contribution in [0.3, 0.4) is 0 Å². The number of carbonyl (C=O) groups excluding carboxylic acids is 1. The van der Waals surface area contributed by atoms with Crippen molar-refractivity contribution in [1.29, 1.82) is 0 Å². The average Bonchev–Trinajstić information content (AvgIpc) is 3.01. The minimum atomic E-state index is -4.26. The van der Waals surface area contributed by atoms with E-state index in [0.717, 1.165) is 20.3 Å². The maximum absolute atomic E-state index is 13.1. The highest BCUT2D eigenvalue weighted by atomic mass is 32.2. The zero-order valence-electron chi connectivity index (χ0n) is 22.6. The molecule has 1 amide bonds. The molecule has 0 aliphatic heterocycles. The van der Waals surface area contributed by atoms with E-state index in [1.54, 1.807) is 30.3 Å². The number of hydrogen-bond donors (Lipinski definition) is 2. The number of amides is 1. The number of phenolic OH excluding ortho intramolecular Hbond substituents is 1. The first-order valence-electron chi connectivity index (χ1n) is 11.9. The van der Waals surface area contributed by atoms with Gasteiger partial charge < -0.3 is 10.4 Å². The zero-order valence-corrected chi connectivity index (χ0v) is 25.0. The van der Waals surface area contributed by atoms with Crippen LogP contribution >= 0.6 is 12.0 Å². The second-order valence-electron chi connectivity index (χ2n) is 8.26. The Morgan fingerprint density at radius 1 is 0.860 bits per heavy atom. The zero-order chi connectivity index (χ0) is 31.2. The molecule has 2 N–H and O–H groups in total. The highest BCUT2D eigenvalue weighted by Gasteiger charge is 2.24. The minimum absolute atomic E-state index is 0.0249. The van der Waals surface area contributed by atoms with Gasteiger partial charge in [0.15, 0.2) is 5.75 Å². The third-order valence-electron chi connectivity index (χ3n) is 5.75. The first kappa shape index (κ1) is 32.0. The van der Waals surface area contributed by atoms with E-state index >= 15 is 0 Å². The molecule has 0 saturated heterocycles. The Kier molecular flexibility index (Phi) is 10.1. The molecule has 43 heavy (non-hydrogen) atoms. The number of azo groups is 1. The van der Waals surface area contributed by atoms with Crippen molar-refractivity contribution in [3.8, 4) is 5.75 Å². The first-order chi connectivity index (χ1) is 20.5. The lowest BCUT2D eigenvalue weighted by Gasteiger charge is -2.15.